The number of nitrogens with one attached hydrogen (secondary N) is 2. The van der Waals surface area contributed by atoms with Crippen LogP contribution < -0.4 is 10.9 Å². The Morgan fingerprint density at radius 1 is 1.35 bits per heavy atom. The van der Waals surface area contributed by atoms with Gasteiger partial charge in [0.05, 0.1) is 11.4 Å². The quantitative estimate of drug-likeness (QED) is 0.833. The predicted molar refractivity (Wildman–Crippen MR) is 93.2 cm³/mol. The van der Waals surface area contributed by atoms with Crippen LogP contribution in [0, 0.1) is 0 Å². The average molecular weight is 310 g/mol. The smallest absolute Gasteiger partial charge is 0.223 e. The van der Waals surface area contributed by atoms with E-state index >= 15 is 0 Å². The van der Waals surface area contributed by atoms with Crippen LogP contribution in [0.5, 0.6) is 0 Å². The molecule has 3 rings (SSSR count). The van der Waals surface area contributed by atoms with Gasteiger partial charge in [0.25, 0.3) is 0 Å². The average Bonchev–Trinajstić information content (AvgIpc) is 2.92. The standard InChI is InChI=1S/C16H23BN6/c1-10(2)14-13(15(17)22-21-14)12-4-7-18-16(20-12)19-11-5-8-23(3)9-6-11/h4,7,10-11H,5-6,8-9H2,1-3H3,(H,21,22)(H,18,19,20). The zero-order valence-corrected chi connectivity index (χ0v) is 14.0. The van der Waals surface area contributed by atoms with Gasteiger partial charge in [0.2, 0.25) is 5.95 Å². The summed E-state index contributed by atoms with van der Waals surface area (Å²) in [4.78, 5) is 11.4. The molecule has 0 atom stereocenters. The van der Waals surface area contributed by atoms with Crippen molar-refractivity contribution in [2.75, 3.05) is 25.5 Å². The van der Waals surface area contributed by atoms with Gasteiger partial charge in [-0.3, -0.25) is 5.10 Å². The van der Waals surface area contributed by atoms with Gasteiger partial charge in [-0.15, -0.1) is 0 Å². The van der Waals surface area contributed by atoms with Crippen LogP contribution in [-0.2, 0) is 0 Å². The molecule has 120 valence electrons. The molecule has 3 heterocycles. The summed E-state index contributed by atoms with van der Waals surface area (Å²) in [6, 6.07) is 2.31. The van der Waals surface area contributed by atoms with E-state index in [-0.39, 0.29) is 5.92 Å². The molecule has 1 saturated heterocycles. The SMILES string of the molecule is [B]c1[nH]nc(C(C)C)c1-c1ccnc(NC2CCN(C)CC2)n1. The number of aromatic amines is 1. The summed E-state index contributed by atoms with van der Waals surface area (Å²) in [5.41, 5.74) is 3.18. The molecule has 1 aliphatic heterocycles. The Balaban J connectivity index is 1.82. The fourth-order valence-corrected chi connectivity index (χ4v) is 2.96. The Morgan fingerprint density at radius 2 is 2.09 bits per heavy atom. The number of aromatic nitrogens is 4. The highest BCUT2D eigenvalue weighted by molar-refractivity contribution is 6.34. The molecular weight excluding hydrogens is 287 g/mol. The molecule has 2 aromatic heterocycles. The van der Waals surface area contributed by atoms with Gasteiger partial charge in [-0.05, 0) is 50.6 Å². The second-order valence-electron chi connectivity index (χ2n) is 6.54. The van der Waals surface area contributed by atoms with Crippen molar-refractivity contribution in [2.45, 2.75) is 38.6 Å². The van der Waals surface area contributed by atoms with Crippen molar-refractivity contribution in [1.29, 1.82) is 0 Å². The Bertz CT molecular complexity index is 660. The minimum Gasteiger partial charge on any atom is -0.351 e. The van der Waals surface area contributed by atoms with E-state index in [1.807, 2.05) is 6.07 Å². The van der Waals surface area contributed by atoms with Crippen LogP contribution in [0.25, 0.3) is 11.3 Å². The second-order valence-corrected chi connectivity index (χ2v) is 6.54. The van der Waals surface area contributed by atoms with Gasteiger partial charge in [0.15, 0.2) is 0 Å². The van der Waals surface area contributed by atoms with Gasteiger partial charge >= 0.3 is 0 Å². The van der Waals surface area contributed by atoms with Crippen molar-refractivity contribution in [3.8, 4) is 11.3 Å². The molecule has 2 aromatic rings. The number of likely N-dealkylation sites (tertiary alicyclic amines) is 1. The van der Waals surface area contributed by atoms with E-state index in [1.54, 1.807) is 6.20 Å². The highest BCUT2D eigenvalue weighted by Gasteiger charge is 2.19. The van der Waals surface area contributed by atoms with E-state index in [0.717, 1.165) is 42.9 Å². The number of H-pyrrole nitrogens is 1. The predicted octanol–water partition coefficient (Wildman–Crippen LogP) is 1.29. The van der Waals surface area contributed by atoms with Gasteiger partial charge in [0, 0.05) is 17.8 Å². The zero-order chi connectivity index (χ0) is 16.4. The first kappa shape index (κ1) is 16.0. The van der Waals surface area contributed by atoms with Crippen LogP contribution in [0.2, 0.25) is 0 Å². The molecule has 0 aromatic carbocycles. The highest BCUT2D eigenvalue weighted by atomic mass is 15.2. The first-order valence-corrected chi connectivity index (χ1v) is 8.17. The lowest BCUT2D eigenvalue weighted by Gasteiger charge is -2.29. The summed E-state index contributed by atoms with van der Waals surface area (Å²) in [5.74, 6) is 0.936. The van der Waals surface area contributed by atoms with Crippen LogP contribution >= 0.6 is 0 Å². The van der Waals surface area contributed by atoms with Crippen molar-refractivity contribution in [1.82, 2.24) is 25.1 Å². The third-order valence-electron chi connectivity index (χ3n) is 4.33. The summed E-state index contributed by atoms with van der Waals surface area (Å²) in [6.07, 6.45) is 3.99. The summed E-state index contributed by atoms with van der Waals surface area (Å²) in [5, 5.41) is 10.6. The molecule has 0 aliphatic carbocycles. The fourth-order valence-electron chi connectivity index (χ4n) is 2.96. The third kappa shape index (κ3) is 3.55. The van der Waals surface area contributed by atoms with Crippen molar-refractivity contribution in [3.05, 3.63) is 18.0 Å². The third-order valence-corrected chi connectivity index (χ3v) is 4.33. The van der Waals surface area contributed by atoms with Gasteiger partial charge in [-0.25, -0.2) is 9.97 Å². The Labute approximate surface area is 138 Å². The van der Waals surface area contributed by atoms with Crippen molar-refractivity contribution in [3.63, 3.8) is 0 Å². The molecule has 0 unspecified atom stereocenters. The Kier molecular flexibility index (Phi) is 4.66. The fraction of sp³-hybridized carbons (Fsp3) is 0.562. The van der Waals surface area contributed by atoms with E-state index in [0.29, 0.717) is 17.6 Å². The second kappa shape index (κ2) is 6.70. The minimum atomic E-state index is 0.277. The molecule has 0 saturated carbocycles. The van der Waals surface area contributed by atoms with Crippen LogP contribution in [0.4, 0.5) is 5.95 Å². The van der Waals surface area contributed by atoms with E-state index in [1.165, 1.54) is 0 Å². The molecule has 2 N–H and O–H groups in total. The van der Waals surface area contributed by atoms with E-state index < -0.39 is 0 Å². The summed E-state index contributed by atoms with van der Waals surface area (Å²) in [7, 11) is 8.21. The largest absolute Gasteiger partial charge is 0.351 e. The minimum absolute atomic E-state index is 0.277. The number of rotatable bonds is 4. The number of nitrogens with zero attached hydrogens (tertiary/aromatic N) is 4. The maximum absolute atomic E-state index is 6.06. The molecule has 23 heavy (non-hydrogen) atoms. The number of hydrogen-bond donors (Lipinski definition) is 2. The molecule has 1 aliphatic rings. The van der Waals surface area contributed by atoms with Crippen LogP contribution in [0.15, 0.2) is 12.3 Å². The lowest BCUT2D eigenvalue weighted by Crippen LogP contribution is -2.37. The van der Waals surface area contributed by atoms with E-state index in [2.05, 4.69) is 51.3 Å². The topological polar surface area (TPSA) is 69.7 Å². The van der Waals surface area contributed by atoms with E-state index in [4.69, 9.17) is 7.85 Å². The monoisotopic (exact) mass is 310 g/mol. The molecule has 0 bridgehead atoms. The van der Waals surface area contributed by atoms with Gasteiger partial charge in [-0.1, -0.05) is 13.8 Å². The summed E-state index contributed by atoms with van der Waals surface area (Å²) >= 11 is 0. The lowest BCUT2D eigenvalue weighted by atomic mass is 9.92. The van der Waals surface area contributed by atoms with Crippen LogP contribution in [0.3, 0.4) is 0 Å². The van der Waals surface area contributed by atoms with Crippen molar-refractivity contribution < 1.29 is 0 Å². The maximum atomic E-state index is 6.06. The summed E-state index contributed by atoms with van der Waals surface area (Å²) in [6.45, 7) is 6.39. The number of anilines is 1. The van der Waals surface area contributed by atoms with Crippen LogP contribution in [0.1, 0.15) is 38.3 Å². The van der Waals surface area contributed by atoms with Gasteiger partial charge in [-0.2, -0.15) is 5.10 Å². The molecule has 6 nitrogen and oxygen atoms in total. The summed E-state index contributed by atoms with van der Waals surface area (Å²) < 4.78 is 0. The van der Waals surface area contributed by atoms with Crippen molar-refractivity contribution in [2.24, 2.45) is 0 Å². The maximum Gasteiger partial charge on any atom is 0.223 e. The molecule has 0 spiro atoms. The van der Waals surface area contributed by atoms with Crippen molar-refractivity contribution >= 4 is 19.4 Å². The molecule has 0 amide bonds. The highest BCUT2D eigenvalue weighted by Crippen LogP contribution is 2.24. The molecule has 1 fully saturated rings. The zero-order valence-electron chi connectivity index (χ0n) is 14.0. The lowest BCUT2D eigenvalue weighted by molar-refractivity contribution is 0.263. The van der Waals surface area contributed by atoms with E-state index in [9.17, 15) is 0 Å². The van der Waals surface area contributed by atoms with Crippen LogP contribution in [-0.4, -0.2) is 59.1 Å². The normalized spacial score (nSPS) is 16.9. The van der Waals surface area contributed by atoms with Gasteiger partial charge < -0.3 is 10.2 Å². The number of hydrogen-bond acceptors (Lipinski definition) is 5. The van der Waals surface area contributed by atoms with Gasteiger partial charge in [0.1, 0.15) is 7.85 Å². The Morgan fingerprint density at radius 3 is 2.78 bits per heavy atom. The first-order valence-electron chi connectivity index (χ1n) is 8.17. The molecular formula is C16H23BN6. The molecule has 7 heteroatoms. The Hall–Kier alpha value is -1.89. The first-order chi connectivity index (χ1) is 11.0. The molecule has 2 radical (unpaired) electrons. The number of piperidine rings is 1.